The van der Waals surface area contributed by atoms with E-state index in [4.69, 9.17) is 0 Å². The number of nitrogens with zero attached hydrogens (tertiary/aromatic N) is 4. The van der Waals surface area contributed by atoms with Crippen molar-refractivity contribution in [2.75, 3.05) is 6.54 Å². The first-order chi connectivity index (χ1) is 12.6. The van der Waals surface area contributed by atoms with Crippen LogP contribution in [0.5, 0.6) is 0 Å². The lowest BCUT2D eigenvalue weighted by atomic mass is 10.1. The van der Waals surface area contributed by atoms with Crippen LogP contribution in [0.1, 0.15) is 28.7 Å². The molecule has 7 heteroatoms. The van der Waals surface area contributed by atoms with E-state index in [9.17, 15) is 9.59 Å². The Hall–Kier alpha value is -3.22. The molecule has 26 heavy (non-hydrogen) atoms. The van der Waals surface area contributed by atoms with Crippen LogP contribution in [0.4, 0.5) is 0 Å². The zero-order valence-corrected chi connectivity index (χ0v) is 14.4. The second-order valence-corrected chi connectivity index (χ2v) is 6.35. The van der Waals surface area contributed by atoms with Gasteiger partial charge >= 0.3 is 0 Å². The molecule has 132 valence electrons. The van der Waals surface area contributed by atoms with E-state index in [1.165, 1.54) is 0 Å². The normalized spacial score (nSPS) is 14.5. The highest BCUT2D eigenvalue weighted by molar-refractivity contribution is 6.01. The molecule has 3 heterocycles. The molecule has 1 atom stereocenters. The second kappa shape index (κ2) is 6.59. The number of fused-ring (bicyclic) bond motifs is 2. The lowest BCUT2D eigenvalue weighted by Crippen LogP contribution is -2.45. The zero-order chi connectivity index (χ0) is 18.1. The molecule has 1 aliphatic heterocycles. The molecule has 3 aromatic rings. The van der Waals surface area contributed by atoms with Gasteiger partial charge in [-0.3, -0.25) is 14.0 Å². The number of hydrogen-bond donors (Lipinski definition) is 1. The van der Waals surface area contributed by atoms with Gasteiger partial charge in [0.1, 0.15) is 11.9 Å². The summed E-state index contributed by atoms with van der Waals surface area (Å²) in [4.78, 5) is 26.5. The van der Waals surface area contributed by atoms with Gasteiger partial charge in [-0.15, -0.1) is 10.2 Å². The van der Waals surface area contributed by atoms with Crippen molar-refractivity contribution in [3.63, 3.8) is 0 Å². The summed E-state index contributed by atoms with van der Waals surface area (Å²) in [6.45, 7) is 2.66. The molecule has 4 rings (SSSR count). The highest BCUT2D eigenvalue weighted by Crippen LogP contribution is 2.24. The van der Waals surface area contributed by atoms with Crippen molar-refractivity contribution in [3.8, 4) is 0 Å². The van der Waals surface area contributed by atoms with Crippen molar-refractivity contribution in [2.24, 2.45) is 0 Å². The summed E-state index contributed by atoms with van der Waals surface area (Å²) >= 11 is 0. The van der Waals surface area contributed by atoms with Gasteiger partial charge < -0.3 is 10.2 Å². The Bertz CT molecular complexity index is 981. The molecule has 1 aliphatic rings. The predicted molar refractivity (Wildman–Crippen MR) is 95.5 cm³/mol. The summed E-state index contributed by atoms with van der Waals surface area (Å²) in [5.41, 5.74) is 2.43. The first-order valence-corrected chi connectivity index (χ1v) is 8.60. The van der Waals surface area contributed by atoms with Crippen LogP contribution in [0.2, 0.25) is 0 Å². The molecule has 0 unspecified atom stereocenters. The van der Waals surface area contributed by atoms with Crippen LogP contribution in [-0.4, -0.2) is 43.9 Å². The van der Waals surface area contributed by atoms with Gasteiger partial charge in [0.15, 0.2) is 5.65 Å². The molecular formula is C19H19N5O2. The monoisotopic (exact) mass is 349 g/mol. The van der Waals surface area contributed by atoms with E-state index < -0.39 is 6.04 Å². The third-order valence-electron chi connectivity index (χ3n) is 4.73. The minimum Gasteiger partial charge on any atom is -0.354 e. The van der Waals surface area contributed by atoms with Crippen LogP contribution in [-0.2, 0) is 17.8 Å². The van der Waals surface area contributed by atoms with Crippen LogP contribution in [0, 0.1) is 0 Å². The predicted octanol–water partition coefficient (Wildman–Crippen LogP) is 1.43. The third kappa shape index (κ3) is 2.81. The SMILES string of the molecule is C[C@@H](C(=O)NCCc1nnc2ccccn12)N1Cc2ccccc2C1=O. The van der Waals surface area contributed by atoms with Crippen LogP contribution in [0.15, 0.2) is 48.7 Å². The molecule has 0 radical (unpaired) electrons. The first-order valence-electron chi connectivity index (χ1n) is 8.60. The van der Waals surface area contributed by atoms with Crippen molar-refractivity contribution in [2.45, 2.75) is 25.9 Å². The zero-order valence-electron chi connectivity index (χ0n) is 14.4. The smallest absolute Gasteiger partial charge is 0.255 e. The minimum absolute atomic E-state index is 0.0910. The lowest BCUT2D eigenvalue weighted by Gasteiger charge is -2.23. The van der Waals surface area contributed by atoms with E-state index in [1.807, 2.05) is 47.0 Å². The van der Waals surface area contributed by atoms with Crippen LogP contribution >= 0.6 is 0 Å². The molecule has 0 saturated heterocycles. The molecule has 0 bridgehead atoms. The van der Waals surface area contributed by atoms with E-state index in [2.05, 4.69) is 15.5 Å². The van der Waals surface area contributed by atoms with E-state index in [-0.39, 0.29) is 11.8 Å². The Labute approximate surface area is 150 Å². The maximum absolute atomic E-state index is 12.5. The van der Waals surface area contributed by atoms with Gasteiger partial charge in [-0.05, 0) is 30.7 Å². The standard InChI is InChI=1S/C19H19N5O2/c1-13(24-12-14-6-2-3-7-15(14)19(24)26)18(25)20-10-9-17-22-21-16-8-4-5-11-23(16)17/h2-8,11,13H,9-10,12H2,1H3,(H,20,25)/t13-/m0/s1. The number of amides is 2. The van der Waals surface area contributed by atoms with Crippen molar-refractivity contribution >= 4 is 17.5 Å². The van der Waals surface area contributed by atoms with E-state index >= 15 is 0 Å². The molecule has 2 aromatic heterocycles. The average Bonchev–Trinajstić information content (AvgIpc) is 3.23. The van der Waals surface area contributed by atoms with Crippen molar-refractivity contribution < 1.29 is 9.59 Å². The van der Waals surface area contributed by atoms with Gasteiger partial charge in [0.25, 0.3) is 5.91 Å². The second-order valence-electron chi connectivity index (χ2n) is 6.35. The summed E-state index contributed by atoms with van der Waals surface area (Å²) < 4.78 is 1.90. The molecule has 0 spiro atoms. The molecular weight excluding hydrogens is 330 g/mol. The fourth-order valence-corrected chi connectivity index (χ4v) is 3.24. The summed E-state index contributed by atoms with van der Waals surface area (Å²) in [6.07, 6.45) is 2.47. The Balaban J connectivity index is 1.36. The Morgan fingerprint density at radius 1 is 1.19 bits per heavy atom. The topological polar surface area (TPSA) is 79.6 Å². The van der Waals surface area contributed by atoms with E-state index in [1.54, 1.807) is 17.9 Å². The number of carbonyl (C=O) groups excluding carboxylic acids is 2. The van der Waals surface area contributed by atoms with Gasteiger partial charge in [-0.2, -0.15) is 0 Å². The van der Waals surface area contributed by atoms with Crippen LogP contribution < -0.4 is 5.32 Å². The highest BCUT2D eigenvalue weighted by Gasteiger charge is 2.33. The number of hydrogen-bond acceptors (Lipinski definition) is 4. The fraction of sp³-hybridized carbons (Fsp3) is 0.263. The summed E-state index contributed by atoms with van der Waals surface area (Å²) in [5, 5.41) is 11.1. The lowest BCUT2D eigenvalue weighted by molar-refractivity contribution is -0.125. The highest BCUT2D eigenvalue weighted by atomic mass is 16.2. The Morgan fingerprint density at radius 2 is 2.00 bits per heavy atom. The number of aromatic nitrogens is 3. The molecule has 0 fully saturated rings. The maximum Gasteiger partial charge on any atom is 0.255 e. The molecule has 7 nitrogen and oxygen atoms in total. The first kappa shape index (κ1) is 16.3. The summed E-state index contributed by atoms with van der Waals surface area (Å²) in [6, 6.07) is 12.7. The van der Waals surface area contributed by atoms with Gasteiger partial charge in [0, 0.05) is 31.3 Å². The third-order valence-corrected chi connectivity index (χ3v) is 4.73. The van der Waals surface area contributed by atoms with Gasteiger partial charge in [-0.1, -0.05) is 24.3 Å². The number of carbonyl (C=O) groups is 2. The van der Waals surface area contributed by atoms with Gasteiger partial charge in [0.2, 0.25) is 5.91 Å². The molecule has 2 amide bonds. The Kier molecular flexibility index (Phi) is 4.12. The largest absolute Gasteiger partial charge is 0.354 e. The number of rotatable bonds is 5. The van der Waals surface area contributed by atoms with Crippen molar-refractivity contribution in [3.05, 3.63) is 65.6 Å². The van der Waals surface area contributed by atoms with Gasteiger partial charge in [0.05, 0.1) is 0 Å². The number of pyridine rings is 1. The van der Waals surface area contributed by atoms with Crippen LogP contribution in [0.25, 0.3) is 5.65 Å². The number of nitrogens with one attached hydrogen (secondary N) is 1. The molecule has 1 aromatic carbocycles. The average molecular weight is 349 g/mol. The summed E-state index contributed by atoms with van der Waals surface area (Å²) in [5.74, 6) is 0.532. The maximum atomic E-state index is 12.5. The van der Waals surface area contributed by atoms with Crippen molar-refractivity contribution in [1.82, 2.24) is 24.8 Å². The van der Waals surface area contributed by atoms with E-state index in [0.29, 0.717) is 25.1 Å². The number of benzene rings is 1. The molecule has 1 N–H and O–H groups in total. The molecule has 0 aliphatic carbocycles. The van der Waals surface area contributed by atoms with Crippen LogP contribution in [0.3, 0.4) is 0 Å². The quantitative estimate of drug-likeness (QED) is 0.756. The fourth-order valence-electron chi connectivity index (χ4n) is 3.24. The Morgan fingerprint density at radius 3 is 2.85 bits per heavy atom. The van der Waals surface area contributed by atoms with Crippen molar-refractivity contribution in [1.29, 1.82) is 0 Å². The summed E-state index contributed by atoms with van der Waals surface area (Å²) in [7, 11) is 0. The minimum atomic E-state index is -0.523. The van der Waals surface area contributed by atoms with E-state index in [0.717, 1.165) is 17.0 Å². The van der Waals surface area contributed by atoms with Gasteiger partial charge in [-0.25, -0.2) is 0 Å². The molecule has 0 saturated carbocycles.